The van der Waals surface area contributed by atoms with Crippen LogP contribution in [0.3, 0.4) is 0 Å². The highest BCUT2D eigenvalue weighted by atomic mass is 32.2. The lowest BCUT2D eigenvalue weighted by Crippen LogP contribution is -1.84. The van der Waals surface area contributed by atoms with Crippen molar-refractivity contribution in [1.82, 2.24) is 0 Å². The molecule has 8 heavy (non-hydrogen) atoms. The molecule has 0 N–H and O–H groups in total. The van der Waals surface area contributed by atoms with Gasteiger partial charge in [-0.25, -0.2) is 0 Å². The van der Waals surface area contributed by atoms with Gasteiger partial charge in [-0.1, -0.05) is 23.9 Å². The van der Waals surface area contributed by atoms with E-state index in [0.717, 1.165) is 0 Å². The zero-order valence-electron chi connectivity index (χ0n) is 5.18. The normalized spacial score (nSPS) is 10.2. The highest BCUT2D eigenvalue weighted by molar-refractivity contribution is 8.13. The van der Waals surface area contributed by atoms with Gasteiger partial charge in [0, 0.05) is 6.42 Å². The van der Waals surface area contributed by atoms with Crippen LogP contribution in [0.1, 0.15) is 13.3 Å². The van der Waals surface area contributed by atoms with Crippen LogP contribution in [-0.2, 0) is 4.79 Å². The number of carbonyl (C=O) groups excluding carboxylic acids is 1. The summed E-state index contributed by atoms with van der Waals surface area (Å²) in [6.45, 7) is 1.91. The summed E-state index contributed by atoms with van der Waals surface area (Å²) in [5.41, 5.74) is 0. The quantitative estimate of drug-likeness (QED) is 0.530. The first kappa shape index (κ1) is 7.76. The first-order valence-electron chi connectivity index (χ1n) is 2.49. The fourth-order valence-electron chi connectivity index (χ4n) is 0.297. The van der Waals surface area contributed by atoms with Crippen molar-refractivity contribution < 1.29 is 4.79 Å². The molecule has 0 saturated heterocycles. The van der Waals surface area contributed by atoms with Gasteiger partial charge in [0.1, 0.15) is 0 Å². The van der Waals surface area contributed by atoms with E-state index in [4.69, 9.17) is 0 Å². The van der Waals surface area contributed by atoms with E-state index in [1.165, 1.54) is 11.8 Å². The fraction of sp³-hybridized carbons (Fsp3) is 0.500. The molecular formula is C6H10OS. The second kappa shape index (κ2) is 4.91. The maximum atomic E-state index is 10.5. The van der Waals surface area contributed by atoms with Crippen molar-refractivity contribution in [2.45, 2.75) is 13.3 Å². The molecule has 0 unspecified atom stereocenters. The molecule has 0 aliphatic heterocycles. The molecule has 1 nitrogen and oxygen atoms in total. The largest absolute Gasteiger partial charge is 0.287 e. The van der Waals surface area contributed by atoms with Crippen LogP contribution in [-0.4, -0.2) is 11.4 Å². The molecule has 0 heterocycles. The Morgan fingerprint density at radius 3 is 2.75 bits per heavy atom. The SMILES string of the molecule is C/C=C/CC(=O)SC. The maximum Gasteiger partial charge on any atom is 0.192 e. The Labute approximate surface area is 54.2 Å². The average Bonchev–Trinajstić information content (AvgIpc) is 1.83. The molecule has 2 heteroatoms. The molecule has 0 bridgehead atoms. The lowest BCUT2D eigenvalue weighted by molar-refractivity contribution is -0.110. The molecule has 46 valence electrons. The van der Waals surface area contributed by atoms with E-state index in [2.05, 4.69) is 0 Å². The minimum atomic E-state index is 0.225. The molecule has 0 aromatic carbocycles. The Kier molecular flexibility index (Phi) is 4.76. The van der Waals surface area contributed by atoms with Gasteiger partial charge in [0.15, 0.2) is 5.12 Å². The summed E-state index contributed by atoms with van der Waals surface area (Å²) in [5.74, 6) is 0. The van der Waals surface area contributed by atoms with Gasteiger partial charge in [0.05, 0.1) is 0 Å². The Bertz CT molecular complexity index is 96.7. The molecule has 0 radical (unpaired) electrons. The molecule has 0 aliphatic carbocycles. The number of allylic oxidation sites excluding steroid dienone is 2. The topological polar surface area (TPSA) is 17.1 Å². The number of carbonyl (C=O) groups is 1. The lowest BCUT2D eigenvalue weighted by atomic mass is 10.4. The van der Waals surface area contributed by atoms with E-state index in [9.17, 15) is 4.79 Å². The fourth-order valence-corrected chi connectivity index (χ4v) is 0.560. The lowest BCUT2D eigenvalue weighted by Gasteiger charge is -1.84. The summed E-state index contributed by atoms with van der Waals surface area (Å²) in [6, 6.07) is 0. The first-order valence-corrected chi connectivity index (χ1v) is 3.71. The minimum Gasteiger partial charge on any atom is -0.287 e. The van der Waals surface area contributed by atoms with Crippen molar-refractivity contribution in [3.05, 3.63) is 12.2 Å². The number of rotatable bonds is 2. The van der Waals surface area contributed by atoms with Crippen molar-refractivity contribution in [1.29, 1.82) is 0 Å². The predicted molar refractivity (Wildman–Crippen MR) is 38.0 cm³/mol. The zero-order chi connectivity index (χ0) is 6.41. The molecule has 0 aromatic rings. The number of thioether (sulfide) groups is 1. The predicted octanol–water partition coefficient (Wildman–Crippen LogP) is 1.84. The van der Waals surface area contributed by atoms with Crippen LogP contribution in [0.15, 0.2) is 12.2 Å². The second-order valence-corrected chi connectivity index (χ2v) is 2.21. The van der Waals surface area contributed by atoms with Gasteiger partial charge in [0.2, 0.25) is 0 Å². The number of hydrogen-bond acceptors (Lipinski definition) is 2. The molecule has 0 spiro atoms. The zero-order valence-corrected chi connectivity index (χ0v) is 5.99. The summed E-state index contributed by atoms with van der Waals surface area (Å²) >= 11 is 1.27. The molecule has 0 atom stereocenters. The van der Waals surface area contributed by atoms with E-state index in [-0.39, 0.29) is 5.12 Å². The van der Waals surface area contributed by atoms with Gasteiger partial charge in [-0.3, -0.25) is 4.79 Å². The van der Waals surface area contributed by atoms with Gasteiger partial charge in [-0.15, -0.1) is 0 Å². The van der Waals surface area contributed by atoms with Crippen molar-refractivity contribution in [2.75, 3.05) is 6.26 Å². The van der Waals surface area contributed by atoms with Crippen LogP contribution in [0, 0.1) is 0 Å². The highest BCUT2D eigenvalue weighted by Gasteiger charge is 1.90. The smallest absolute Gasteiger partial charge is 0.192 e. The van der Waals surface area contributed by atoms with Gasteiger partial charge < -0.3 is 0 Å². The monoisotopic (exact) mass is 130 g/mol. The van der Waals surface area contributed by atoms with Crippen molar-refractivity contribution in [3.63, 3.8) is 0 Å². The van der Waals surface area contributed by atoms with E-state index in [0.29, 0.717) is 6.42 Å². The maximum absolute atomic E-state index is 10.5. The Morgan fingerprint density at radius 2 is 2.38 bits per heavy atom. The van der Waals surface area contributed by atoms with Gasteiger partial charge in [-0.05, 0) is 13.2 Å². The Balaban J connectivity index is 3.25. The van der Waals surface area contributed by atoms with Crippen LogP contribution in [0.25, 0.3) is 0 Å². The van der Waals surface area contributed by atoms with Crippen LogP contribution >= 0.6 is 11.8 Å². The second-order valence-electron chi connectivity index (χ2n) is 1.35. The third-order valence-electron chi connectivity index (χ3n) is 0.748. The van der Waals surface area contributed by atoms with Crippen molar-refractivity contribution in [2.24, 2.45) is 0 Å². The summed E-state index contributed by atoms with van der Waals surface area (Å²) in [4.78, 5) is 10.5. The summed E-state index contributed by atoms with van der Waals surface area (Å²) in [7, 11) is 0. The minimum absolute atomic E-state index is 0.225. The molecule has 0 aliphatic rings. The summed E-state index contributed by atoms with van der Waals surface area (Å²) < 4.78 is 0. The molecule has 0 rings (SSSR count). The van der Waals surface area contributed by atoms with E-state index >= 15 is 0 Å². The highest BCUT2D eigenvalue weighted by Crippen LogP contribution is 1.98. The molecular weight excluding hydrogens is 120 g/mol. The van der Waals surface area contributed by atoms with Crippen molar-refractivity contribution in [3.8, 4) is 0 Å². The molecule has 0 saturated carbocycles. The summed E-state index contributed by atoms with van der Waals surface area (Å²) in [6.07, 6.45) is 6.11. The van der Waals surface area contributed by atoms with Crippen LogP contribution in [0.2, 0.25) is 0 Å². The Morgan fingerprint density at radius 1 is 1.75 bits per heavy atom. The standard InChI is InChI=1S/C6H10OS/c1-3-4-5-6(7)8-2/h3-4H,5H2,1-2H3/b4-3+. The van der Waals surface area contributed by atoms with Gasteiger partial charge >= 0.3 is 0 Å². The van der Waals surface area contributed by atoms with Gasteiger partial charge in [-0.2, -0.15) is 0 Å². The third-order valence-corrected chi connectivity index (χ3v) is 1.37. The summed E-state index contributed by atoms with van der Waals surface area (Å²) in [5, 5.41) is 0.225. The first-order chi connectivity index (χ1) is 3.81. The van der Waals surface area contributed by atoms with Crippen molar-refractivity contribution >= 4 is 16.9 Å². The Hall–Kier alpha value is -0.240. The molecule has 0 amide bonds. The van der Waals surface area contributed by atoms with E-state index < -0.39 is 0 Å². The van der Waals surface area contributed by atoms with E-state index in [1.807, 2.05) is 19.1 Å². The van der Waals surface area contributed by atoms with Gasteiger partial charge in [0.25, 0.3) is 0 Å². The van der Waals surface area contributed by atoms with E-state index in [1.54, 1.807) is 6.26 Å². The molecule has 0 fully saturated rings. The average molecular weight is 130 g/mol. The third kappa shape index (κ3) is 3.93. The van der Waals surface area contributed by atoms with Crippen LogP contribution in [0.4, 0.5) is 0 Å². The molecule has 0 aromatic heterocycles. The van der Waals surface area contributed by atoms with Crippen LogP contribution < -0.4 is 0 Å². The number of hydrogen-bond donors (Lipinski definition) is 0. The van der Waals surface area contributed by atoms with Crippen LogP contribution in [0.5, 0.6) is 0 Å².